The van der Waals surface area contributed by atoms with Crippen LogP contribution < -0.4 is 10.6 Å². The van der Waals surface area contributed by atoms with E-state index in [0.717, 1.165) is 0 Å². The second kappa shape index (κ2) is 5.89. The van der Waals surface area contributed by atoms with Crippen molar-refractivity contribution in [3.8, 4) is 0 Å². The summed E-state index contributed by atoms with van der Waals surface area (Å²) in [4.78, 5) is 22.4. The molecule has 0 radical (unpaired) electrons. The predicted octanol–water partition coefficient (Wildman–Crippen LogP) is 2.46. The molecule has 0 aliphatic rings. The van der Waals surface area contributed by atoms with Crippen molar-refractivity contribution in [3.05, 3.63) is 28.2 Å². The van der Waals surface area contributed by atoms with Gasteiger partial charge in [-0.25, -0.2) is 0 Å². The predicted molar refractivity (Wildman–Crippen MR) is 68.4 cm³/mol. The van der Waals surface area contributed by atoms with Crippen molar-refractivity contribution in [3.63, 3.8) is 0 Å². The number of rotatable bonds is 3. The lowest BCUT2D eigenvalue weighted by Crippen LogP contribution is -2.40. The van der Waals surface area contributed by atoms with Crippen LogP contribution in [0, 0.1) is 0 Å². The van der Waals surface area contributed by atoms with Gasteiger partial charge in [0.25, 0.3) is 0 Å². The van der Waals surface area contributed by atoms with E-state index < -0.39 is 6.04 Å². The number of amides is 2. The summed E-state index contributed by atoms with van der Waals surface area (Å²) in [7, 11) is 0. The minimum absolute atomic E-state index is 0.262. The van der Waals surface area contributed by atoms with Gasteiger partial charge in [-0.15, -0.1) is 0 Å². The lowest BCUT2D eigenvalue weighted by Gasteiger charge is -2.13. The first kappa shape index (κ1) is 13.8. The Morgan fingerprint density at radius 1 is 1.24 bits per heavy atom. The molecule has 6 heteroatoms. The lowest BCUT2D eigenvalue weighted by atomic mass is 10.2. The molecule has 0 heterocycles. The Kier molecular flexibility index (Phi) is 4.78. The summed E-state index contributed by atoms with van der Waals surface area (Å²) >= 11 is 11.6. The van der Waals surface area contributed by atoms with Gasteiger partial charge < -0.3 is 10.6 Å². The molecule has 1 aromatic carbocycles. The molecule has 1 unspecified atom stereocenters. The quantitative estimate of drug-likeness (QED) is 0.890. The molecule has 0 bridgehead atoms. The average molecular weight is 275 g/mol. The van der Waals surface area contributed by atoms with Crippen LogP contribution in [0.25, 0.3) is 0 Å². The molecule has 1 atom stereocenters. The van der Waals surface area contributed by atoms with Gasteiger partial charge in [-0.2, -0.15) is 0 Å². The average Bonchev–Trinajstić information content (AvgIpc) is 2.22. The second-order valence-electron chi connectivity index (χ2n) is 3.54. The Hall–Kier alpha value is -1.26. The molecule has 1 rings (SSSR count). The van der Waals surface area contributed by atoms with E-state index >= 15 is 0 Å². The van der Waals surface area contributed by atoms with E-state index in [0.29, 0.717) is 15.7 Å². The summed E-state index contributed by atoms with van der Waals surface area (Å²) in [5.74, 6) is -0.583. The third-order valence-electron chi connectivity index (χ3n) is 2.00. The maximum absolute atomic E-state index is 11.6. The smallest absolute Gasteiger partial charge is 0.246 e. The van der Waals surface area contributed by atoms with Crippen molar-refractivity contribution in [2.45, 2.75) is 19.9 Å². The van der Waals surface area contributed by atoms with Crippen molar-refractivity contribution in [2.75, 3.05) is 5.32 Å². The Labute approximate surface area is 109 Å². The molecule has 1 aromatic rings. The molecule has 17 heavy (non-hydrogen) atoms. The Morgan fingerprint density at radius 3 is 2.41 bits per heavy atom. The van der Waals surface area contributed by atoms with Gasteiger partial charge in [0.05, 0.1) is 10.0 Å². The van der Waals surface area contributed by atoms with E-state index in [9.17, 15) is 9.59 Å². The highest BCUT2D eigenvalue weighted by Crippen LogP contribution is 2.24. The van der Waals surface area contributed by atoms with E-state index in [4.69, 9.17) is 23.2 Å². The van der Waals surface area contributed by atoms with Gasteiger partial charge in [0.1, 0.15) is 6.04 Å². The standard InChI is InChI=1S/C11H12Cl2N2O2/c1-6(14-7(2)16)11(17)15-8-3-4-9(12)10(13)5-8/h3-6H,1-2H3,(H,14,16)(H,15,17). The van der Waals surface area contributed by atoms with Crippen molar-refractivity contribution < 1.29 is 9.59 Å². The summed E-state index contributed by atoms with van der Waals surface area (Å²) in [6.45, 7) is 2.94. The molecule has 92 valence electrons. The molecule has 0 aliphatic carbocycles. The fourth-order valence-corrected chi connectivity index (χ4v) is 1.49. The van der Waals surface area contributed by atoms with Gasteiger partial charge in [0, 0.05) is 12.6 Å². The zero-order valence-corrected chi connectivity index (χ0v) is 10.9. The minimum Gasteiger partial charge on any atom is -0.345 e. The summed E-state index contributed by atoms with van der Waals surface area (Å²) in [5, 5.41) is 5.87. The van der Waals surface area contributed by atoms with Crippen LogP contribution in [0.1, 0.15) is 13.8 Å². The van der Waals surface area contributed by atoms with Crippen molar-refractivity contribution in [2.24, 2.45) is 0 Å². The van der Waals surface area contributed by atoms with E-state index in [-0.39, 0.29) is 11.8 Å². The topological polar surface area (TPSA) is 58.2 Å². The summed E-state index contributed by atoms with van der Waals surface area (Å²) in [5.41, 5.74) is 0.529. The maximum Gasteiger partial charge on any atom is 0.246 e. The van der Waals surface area contributed by atoms with Crippen LogP contribution in [0.5, 0.6) is 0 Å². The molecule has 2 N–H and O–H groups in total. The SMILES string of the molecule is CC(=O)NC(C)C(=O)Nc1ccc(Cl)c(Cl)c1. The highest BCUT2D eigenvalue weighted by molar-refractivity contribution is 6.42. The first-order chi connectivity index (χ1) is 7.90. The molecule has 2 amide bonds. The van der Waals surface area contributed by atoms with Crippen LogP contribution in [0.3, 0.4) is 0 Å². The number of anilines is 1. The summed E-state index contributed by atoms with van der Waals surface area (Å²) in [6.07, 6.45) is 0. The molecule has 0 aliphatic heterocycles. The lowest BCUT2D eigenvalue weighted by molar-refractivity contribution is -0.124. The van der Waals surface area contributed by atoms with Crippen LogP contribution in [-0.4, -0.2) is 17.9 Å². The van der Waals surface area contributed by atoms with Crippen LogP contribution >= 0.6 is 23.2 Å². The van der Waals surface area contributed by atoms with Crippen LogP contribution in [0.2, 0.25) is 10.0 Å². The van der Waals surface area contributed by atoms with Crippen molar-refractivity contribution in [1.29, 1.82) is 0 Å². The Morgan fingerprint density at radius 2 is 1.88 bits per heavy atom. The second-order valence-corrected chi connectivity index (χ2v) is 4.35. The molecule has 0 saturated carbocycles. The van der Waals surface area contributed by atoms with Crippen LogP contribution in [0.4, 0.5) is 5.69 Å². The Bertz CT molecular complexity index is 449. The first-order valence-electron chi connectivity index (χ1n) is 4.93. The highest BCUT2D eigenvalue weighted by atomic mass is 35.5. The molecular weight excluding hydrogens is 263 g/mol. The Balaban J connectivity index is 2.67. The number of hydrogen-bond acceptors (Lipinski definition) is 2. The normalized spacial score (nSPS) is 11.8. The van der Waals surface area contributed by atoms with Crippen LogP contribution in [0.15, 0.2) is 18.2 Å². The van der Waals surface area contributed by atoms with Crippen LogP contribution in [-0.2, 0) is 9.59 Å². The van der Waals surface area contributed by atoms with Gasteiger partial charge >= 0.3 is 0 Å². The van der Waals surface area contributed by atoms with E-state index in [1.165, 1.54) is 6.92 Å². The van der Waals surface area contributed by atoms with Gasteiger partial charge in [0.15, 0.2) is 0 Å². The number of carbonyl (C=O) groups excluding carboxylic acids is 2. The number of hydrogen-bond donors (Lipinski definition) is 2. The van der Waals surface area contributed by atoms with E-state index in [1.54, 1.807) is 25.1 Å². The fourth-order valence-electron chi connectivity index (χ4n) is 1.19. The zero-order chi connectivity index (χ0) is 13.0. The zero-order valence-electron chi connectivity index (χ0n) is 9.38. The number of halogens is 2. The number of carbonyl (C=O) groups is 2. The fraction of sp³-hybridized carbons (Fsp3) is 0.273. The molecule has 0 aromatic heterocycles. The molecule has 4 nitrogen and oxygen atoms in total. The minimum atomic E-state index is -0.609. The van der Waals surface area contributed by atoms with Gasteiger partial charge in [-0.3, -0.25) is 9.59 Å². The summed E-state index contributed by atoms with van der Waals surface area (Å²) in [6, 6.07) is 4.15. The van der Waals surface area contributed by atoms with Gasteiger partial charge in [-0.05, 0) is 25.1 Å². The first-order valence-corrected chi connectivity index (χ1v) is 5.68. The molecule has 0 spiro atoms. The molecule has 0 saturated heterocycles. The third-order valence-corrected chi connectivity index (χ3v) is 2.74. The van der Waals surface area contributed by atoms with Crippen molar-refractivity contribution >= 4 is 40.7 Å². The van der Waals surface area contributed by atoms with Gasteiger partial charge in [-0.1, -0.05) is 23.2 Å². The van der Waals surface area contributed by atoms with E-state index in [1.807, 2.05) is 0 Å². The largest absolute Gasteiger partial charge is 0.345 e. The monoisotopic (exact) mass is 274 g/mol. The van der Waals surface area contributed by atoms with Gasteiger partial charge in [0.2, 0.25) is 11.8 Å². The number of nitrogens with one attached hydrogen (secondary N) is 2. The molecule has 0 fully saturated rings. The van der Waals surface area contributed by atoms with E-state index in [2.05, 4.69) is 10.6 Å². The highest BCUT2D eigenvalue weighted by Gasteiger charge is 2.13. The molecular formula is C11H12Cl2N2O2. The van der Waals surface area contributed by atoms with Crippen molar-refractivity contribution in [1.82, 2.24) is 5.32 Å². The third kappa shape index (κ3) is 4.24. The number of benzene rings is 1. The maximum atomic E-state index is 11.6. The summed E-state index contributed by atoms with van der Waals surface area (Å²) < 4.78 is 0.